The van der Waals surface area contributed by atoms with Gasteiger partial charge in [-0.2, -0.15) is 0 Å². The molecule has 2 aromatic heterocycles. The highest BCUT2D eigenvalue weighted by molar-refractivity contribution is 5.97. The molecule has 1 atom stereocenters. The van der Waals surface area contributed by atoms with Gasteiger partial charge in [-0.1, -0.05) is 18.2 Å². The molecule has 0 saturated carbocycles. The zero-order valence-corrected chi connectivity index (χ0v) is 18.3. The third kappa shape index (κ3) is 4.24. The van der Waals surface area contributed by atoms with Crippen LogP contribution in [0.4, 0.5) is 5.95 Å². The number of carbonyl (C=O) groups excluding carboxylic acids is 1. The number of rotatable bonds is 5. The number of fused-ring (bicyclic) bond motifs is 1. The van der Waals surface area contributed by atoms with Gasteiger partial charge in [-0.15, -0.1) is 0 Å². The van der Waals surface area contributed by atoms with Gasteiger partial charge < -0.3 is 14.4 Å². The van der Waals surface area contributed by atoms with Gasteiger partial charge >= 0.3 is 0 Å². The fraction of sp³-hybridized carbons (Fsp3) is 0.280. The number of anilines is 1. The average molecular weight is 444 g/mol. The molecule has 168 valence electrons. The number of aromatic nitrogens is 3. The van der Waals surface area contributed by atoms with E-state index in [1.165, 1.54) is 18.6 Å². The van der Waals surface area contributed by atoms with E-state index in [0.717, 1.165) is 30.4 Å². The molecule has 0 bridgehead atoms. The van der Waals surface area contributed by atoms with Crippen molar-refractivity contribution < 1.29 is 14.3 Å². The molecule has 0 fully saturated rings. The third-order valence-electron chi connectivity index (χ3n) is 6.01. The van der Waals surface area contributed by atoms with Crippen LogP contribution in [0.2, 0.25) is 0 Å². The van der Waals surface area contributed by atoms with E-state index in [1.807, 2.05) is 36.1 Å². The van der Waals surface area contributed by atoms with Crippen LogP contribution >= 0.6 is 0 Å². The van der Waals surface area contributed by atoms with E-state index in [4.69, 9.17) is 14.5 Å². The molecule has 2 aliphatic heterocycles. The Kier molecular flexibility index (Phi) is 5.64. The van der Waals surface area contributed by atoms with Crippen molar-refractivity contribution in [1.29, 1.82) is 0 Å². The van der Waals surface area contributed by atoms with Crippen molar-refractivity contribution >= 4 is 11.7 Å². The lowest BCUT2D eigenvalue weighted by Gasteiger charge is -2.36. The largest absolute Gasteiger partial charge is 0.465 e. The van der Waals surface area contributed by atoms with Gasteiger partial charge in [0.05, 0.1) is 12.2 Å². The number of hydrogen-bond donors (Lipinski definition) is 0. The molecule has 0 radical (unpaired) electrons. The number of hydrogen-bond acceptors (Lipinski definition) is 7. The molecule has 1 unspecified atom stereocenters. The molecule has 0 amide bonds. The maximum Gasteiger partial charge on any atom is 0.255 e. The van der Waals surface area contributed by atoms with E-state index in [0.29, 0.717) is 23.9 Å². The van der Waals surface area contributed by atoms with Crippen molar-refractivity contribution in [2.75, 3.05) is 11.4 Å². The second-order valence-electron chi connectivity index (χ2n) is 8.22. The molecule has 0 saturated heterocycles. The number of carbonyl (C=O) groups is 1. The predicted octanol–water partition coefficient (Wildman–Crippen LogP) is 3.48. The molecule has 0 aromatic carbocycles. The summed E-state index contributed by atoms with van der Waals surface area (Å²) >= 11 is 0. The van der Waals surface area contributed by atoms with Crippen molar-refractivity contribution in [1.82, 2.24) is 14.5 Å². The molecular weight excluding hydrogens is 420 g/mol. The molecule has 4 heterocycles. The van der Waals surface area contributed by atoms with Crippen molar-refractivity contribution in [3.8, 4) is 11.3 Å². The summed E-state index contributed by atoms with van der Waals surface area (Å²) in [4.78, 5) is 36.7. The molecule has 0 spiro atoms. The normalized spacial score (nSPS) is 19.5. The molecule has 0 N–H and O–H groups in total. The average Bonchev–Trinajstić information content (AvgIpc) is 2.86. The van der Waals surface area contributed by atoms with Crippen LogP contribution in [0.5, 0.6) is 0 Å². The molecule has 1 aliphatic carbocycles. The summed E-state index contributed by atoms with van der Waals surface area (Å²) in [6.45, 7) is 2.61. The molecule has 8 heteroatoms. The Morgan fingerprint density at radius 1 is 1.24 bits per heavy atom. The lowest BCUT2D eigenvalue weighted by atomic mass is 10.0. The van der Waals surface area contributed by atoms with Crippen molar-refractivity contribution in [3.05, 3.63) is 88.8 Å². The van der Waals surface area contributed by atoms with Gasteiger partial charge in [0.2, 0.25) is 17.5 Å². The van der Waals surface area contributed by atoms with Crippen LogP contribution in [-0.2, 0) is 20.8 Å². The maximum atomic E-state index is 13.2. The topological polar surface area (TPSA) is 86.6 Å². The van der Waals surface area contributed by atoms with Gasteiger partial charge in [-0.05, 0) is 43.9 Å². The number of ketones is 1. The van der Waals surface area contributed by atoms with Crippen LogP contribution in [0.3, 0.4) is 0 Å². The summed E-state index contributed by atoms with van der Waals surface area (Å²) in [5.41, 5.74) is 2.20. The fourth-order valence-electron chi connectivity index (χ4n) is 4.12. The van der Waals surface area contributed by atoms with E-state index < -0.39 is 0 Å². The smallest absolute Gasteiger partial charge is 0.255 e. The summed E-state index contributed by atoms with van der Waals surface area (Å²) in [5, 5.41) is 0. The van der Waals surface area contributed by atoms with Crippen LogP contribution in [0.1, 0.15) is 26.2 Å². The number of allylic oxidation sites excluding steroid dienone is 4. The Balaban J connectivity index is 1.40. The summed E-state index contributed by atoms with van der Waals surface area (Å²) < 4.78 is 12.9. The fourth-order valence-corrected chi connectivity index (χ4v) is 4.12. The first kappa shape index (κ1) is 20.9. The van der Waals surface area contributed by atoms with Crippen LogP contribution in [0.25, 0.3) is 11.3 Å². The number of Topliss-reactive ketones (excluding diaryl/α,β-unsaturated/α-hetero) is 1. The number of ether oxygens (including phenoxy) is 2. The maximum absolute atomic E-state index is 13.2. The second-order valence-corrected chi connectivity index (χ2v) is 8.22. The molecular formula is C25H24N4O4. The van der Waals surface area contributed by atoms with Crippen molar-refractivity contribution in [3.63, 3.8) is 0 Å². The van der Waals surface area contributed by atoms with Gasteiger partial charge in [0.1, 0.15) is 12.5 Å². The Hall–Kier alpha value is -3.94. The molecule has 5 rings (SSSR count). The SMILES string of the molecule is CC1CCn2c(nc(-c3ccncc3)cc2=O)N1CC(=O)C1=COC=C(C2=CC=CCC2)O1. The van der Waals surface area contributed by atoms with Crippen molar-refractivity contribution in [2.45, 2.75) is 38.8 Å². The molecule has 33 heavy (non-hydrogen) atoms. The number of nitrogens with zero attached hydrogens (tertiary/aromatic N) is 4. The van der Waals surface area contributed by atoms with Gasteiger partial charge in [0.25, 0.3) is 5.56 Å². The van der Waals surface area contributed by atoms with Crippen molar-refractivity contribution in [2.24, 2.45) is 0 Å². The van der Waals surface area contributed by atoms with E-state index >= 15 is 0 Å². The minimum atomic E-state index is -0.239. The van der Waals surface area contributed by atoms with Crippen LogP contribution in [0, 0.1) is 0 Å². The number of pyridine rings is 1. The Morgan fingerprint density at radius 2 is 2.09 bits per heavy atom. The van der Waals surface area contributed by atoms with E-state index in [2.05, 4.69) is 11.1 Å². The lowest BCUT2D eigenvalue weighted by Crippen LogP contribution is -2.46. The van der Waals surface area contributed by atoms with Gasteiger partial charge in [-0.25, -0.2) is 4.98 Å². The predicted molar refractivity (Wildman–Crippen MR) is 123 cm³/mol. The summed E-state index contributed by atoms with van der Waals surface area (Å²) in [6, 6.07) is 5.17. The first-order chi connectivity index (χ1) is 16.1. The Labute approximate surface area is 191 Å². The quantitative estimate of drug-likeness (QED) is 0.698. The minimum absolute atomic E-state index is 0.0226. The van der Waals surface area contributed by atoms with Crippen LogP contribution in [-0.4, -0.2) is 32.9 Å². The van der Waals surface area contributed by atoms with E-state index in [-0.39, 0.29) is 29.7 Å². The first-order valence-corrected chi connectivity index (χ1v) is 11.0. The summed E-state index contributed by atoms with van der Waals surface area (Å²) in [5.74, 6) is 0.928. The van der Waals surface area contributed by atoms with Gasteiger partial charge in [0, 0.05) is 36.6 Å². The minimum Gasteiger partial charge on any atom is -0.465 e. The van der Waals surface area contributed by atoms with Crippen LogP contribution in [0.15, 0.2) is 83.2 Å². The summed E-state index contributed by atoms with van der Waals surface area (Å²) in [7, 11) is 0. The zero-order chi connectivity index (χ0) is 22.8. The van der Waals surface area contributed by atoms with Gasteiger partial charge in [0.15, 0.2) is 5.76 Å². The Bertz CT molecular complexity index is 1260. The Morgan fingerprint density at radius 3 is 2.88 bits per heavy atom. The summed E-state index contributed by atoms with van der Waals surface area (Å²) in [6.07, 6.45) is 14.7. The lowest BCUT2D eigenvalue weighted by molar-refractivity contribution is -0.117. The van der Waals surface area contributed by atoms with Gasteiger partial charge in [-0.3, -0.25) is 19.1 Å². The van der Waals surface area contributed by atoms with Crippen LogP contribution < -0.4 is 10.5 Å². The molecule has 8 nitrogen and oxygen atoms in total. The third-order valence-corrected chi connectivity index (χ3v) is 6.01. The zero-order valence-electron chi connectivity index (χ0n) is 18.3. The monoisotopic (exact) mass is 444 g/mol. The first-order valence-electron chi connectivity index (χ1n) is 11.0. The molecule has 2 aromatic rings. The molecule has 3 aliphatic rings. The second kappa shape index (κ2) is 8.90. The van der Waals surface area contributed by atoms with E-state index in [9.17, 15) is 9.59 Å². The highest BCUT2D eigenvalue weighted by atomic mass is 16.5. The highest BCUT2D eigenvalue weighted by Gasteiger charge is 2.30. The van der Waals surface area contributed by atoms with E-state index in [1.54, 1.807) is 17.0 Å². The highest BCUT2D eigenvalue weighted by Crippen LogP contribution is 2.28. The standard InChI is InChI=1S/C25H24N4O4/c1-17-9-12-28-24(31)13-20(18-7-10-26-11-8-18)27-25(28)29(17)14-21(30)23-16-32-15-22(33-23)19-5-3-2-4-6-19/h2-3,5,7-8,10-11,13,15-17H,4,6,9,12,14H2,1H3.